The summed E-state index contributed by atoms with van der Waals surface area (Å²) in [5.41, 5.74) is -0.869. The molecule has 0 spiro atoms. The van der Waals surface area contributed by atoms with Crippen LogP contribution in [0.4, 0.5) is 4.79 Å². The number of halogens is 1. The van der Waals surface area contributed by atoms with Crippen molar-refractivity contribution in [1.82, 2.24) is 5.32 Å². The van der Waals surface area contributed by atoms with Crippen LogP contribution in [0.3, 0.4) is 0 Å². The van der Waals surface area contributed by atoms with E-state index in [0.717, 1.165) is 6.61 Å². The van der Waals surface area contributed by atoms with Crippen molar-refractivity contribution in [3.8, 4) is 0 Å². The number of carbonyl (C=O) groups excluding carboxylic acids is 1. The van der Waals surface area contributed by atoms with Crippen LogP contribution < -0.4 is 5.32 Å². The number of ether oxygens (including phenoxy) is 2. The van der Waals surface area contributed by atoms with Crippen molar-refractivity contribution in [2.75, 3.05) is 18.5 Å². The molecule has 0 aromatic heterocycles. The molecule has 1 aliphatic rings. The van der Waals surface area contributed by atoms with Crippen molar-refractivity contribution in [3.05, 3.63) is 0 Å². The fraction of sp³-hybridized carbons (Fsp3) is 0.938. The number of carbonyl (C=O) groups is 1. The summed E-state index contributed by atoms with van der Waals surface area (Å²) in [5, 5.41) is 3.49. The van der Waals surface area contributed by atoms with Gasteiger partial charge in [-0.1, -0.05) is 35.2 Å². The smallest absolute Gasteiger partial charge is 0.407 e. The van der Waals surface area contributed by atoms with E-state index in [2.05, 4.69) is 21.2 Å². The van der Waals surface area contributed by atoms with Crippen LogP contribution in [0.2, 0.25) is 0 Å². The van der Waals surface area contributed by atoms with Crippen molar-refractivity contribution >= 4 is 22.0 Å². The molecular weight excluding hydrogens is 334 g/mol. The molecule has 1 rings (SSSR count). The van der Waals surface area contributed by atoms with Crippen molar-refractivity contribution in [3.63, 3.8) is 0 Å². The van der Waals surface area contributed by atoms with Gasteiger partial charge in [0.05, 0.1) is 18.8 Å². The van der Waals surface area contributed by atoms with Crippen LogP contribution in [0.1, 0.15) is 59.8 Å². The second-order valence-electron chi connectivity index (χ2n) is 7.25. The van der Waals surface area contributed by atoms with Gasteiger partial charge >= 0.3 is 6.09 Å². The zero-order valence-corrected chi connectivity index (χ0v) is 15.4. The molecule has 1 fully saturated rings. The second kappa shape index (κ2) is 8.37. The Morgan fingerprint density at radius 2 is 1.81 bits per heavy atom. The highest BCUT2D eigenvalue weighted by molar-refractivity contribution is 9.09. The number of nitrogens with one attached hydrogen (secondary N) is 1. The summed E-state index contributed by atoms with van der Waals surface area (Å²) in [6.07, 6.45) is 6.11. The van der Waals surface area contributed by atoms with E-state index in [4.69, 9.17) is 9.47 Å². The molecular formula is C16H30BrNO3. The Hall–Kier alpha value is -0.290. The molecule has 4 nitrogen and oxygen atoms in total. The van der Waals surface area contributed by atoms with E-state index in [1.807, 2.05) is 27.7 Å². The average molecular weight is 364 g/mol. The first-order valence-corrected chi connectivity index (χ1v) is 9.03. The van der Waals surface area contributed by atoms with E-state index in [1.54, 1.807) is 0 Å². The number of alkyl carbamates (subject to hydrolysis) is 1. The van der Waals surface area contributed by atoms with E-state index < -0.39 is 17.3 Å². The number of hydrogen-bond donors (Lipinski definition) is 1. The highest BCUT2D eigenvalue weighted by atomic mass is 79.9. The van der Waals surface area contributed by atoms with Crippen LogP contribution in [0.5, 0.6) is 0 Å². The van der Waals surface area contributed by atoms with E-state index in [1.165, 1.54) is 32.1 Å². The van der Waals surface area contributed by atoms with Crippen LogP contribution in [0.15, 0.2) is 0 Å². The third kappa shape index (κ3) is 8.05. The summed E-state index contributed by atoms with van der Waals surface area (Å²) in [6, 6.07) is 0. The monoisotopic (exact) mass is 363 g/mol. The second-order valence-corrected chi connectivity index (χ2v) is 7.81. The highest BCUT2D eigenvalue weighted by Crippen LogP contribution is 2.25. The standard InChI is InChI=1S/C16H30BrNO3/c1-15(2,3)21-14(19)18-12-16(4,11-17)20-10-13-8-6-5-7-9-13/h13H,5-12H2,1-4H3,(H,18,19). The number of amides is 1. The molecule has 1 atom stereocenters. The van der Waals surface area contributed by atoms with Gasteiger partial charge in [-0.05, 0) is 46.5 Å². The Morgan fingerprint density at radius 1 is 1.19 bits per heavy atom. The largest absolute Gasteiger partial charge is 0.444 e. The fourth-order valence-electron chi connectivity index (χ4n) is 2.38. The SMILES string of the molecule is CC(C)(C)OC(=O)NCC(C)(CBr)OCC1CCCCC1. The molecule has 0 radical (unpaired) electrons. The van der Waals surface area contributed by atoms with Gasteiger partial charge in [-0.25, -0.2) is 4.79 Å². The Morgan fingerprint density at radius 3 is 2.33 bits per heavy atom. The topological polar surface area (TPSA) is 47.6 Å². The van der Waals surface area contributed by atoms with Gasteiger partial charge < -0.3 is 14.8 Å². The first-order valence-electron chi connectivity index (χ1n) is 7.91. The lowest BCUT2D eigenvalue weighted by Gasteiger charge is -2.32. The van der Waals surface area contributed by atoms with Crippen LogP contribution in [-0.4, -0.2) is 35.8 Å². The van der Waals surface area contributed by atoms with Crippen LogP contribution >= 0.6 is 15.9 Å². The number of rotatable bonds is 6. The Labute approximate surface area is 137 Å². The molecule has 0 saturated heterocycles. The maximum absolute atomic E-state index is 11.7. The normalized spacial score (nSPS) is 19.9. The Balaban J connectivity index is 2.34. The predicted molar refractivity (Wildman–Crippen MR) is 89.0 cm³/mol. The maximum atomic E-state index is 11.7. The molecule has 0 aromatic rings. The first-order chi connectivity index (χ1) is 9.74. The molecule has 1 N–H and O–H groups in total. The first kappa shape index (κ1) is 18.8. The minimum Gasteiger partial charge on any atom is -0.444 e. The van der Waals surface area contributed by atoms with Crippen molar-refractivity contribution in [2.45, 2.75) is 71.0 Å². The number of hydrogen-bond acceptors (Lipinski definition) is 3. The van der Waals surface area contributed by atoms with Crippen molar-refractivity contribution < 1.29 is 14.3 Å². The van der Waals surface area contributed by atoms with Gasteiger partial charge in [0, 0.05) is 5.33 Å². The molecule has 21 heavy (non-hydrogen) atoms. The molecule has 1 amide bonds. The van der Waals surface area contributed by atoms with Crippen LogP contribution in [-0.2, 0) is 9.47 Å². The molecule has 0 heterocycles. The van der Waals surface area contributed by atoms with Crippen LogP contribution in [0, 0.1) is 5.92 Å². The predicted octanol–water partition coefficient (Wildman–Crippen LogP) is 4.26. The average Bonchev–Trinajstić information content (AvgIpc) is 2.42. The van der Waals surface area contributed by atoms with E-state index >= 15 is 0 Å². The number of alkyl halides is 1. The summed E-state index contributed by atoms with van der Waals surface area (Å²) >= 11 is 3.49. The Kier molecular flexibility index (Phi) is 7.48. The van der Waals surface area contributed by atoms with Gasteiger partial charge in [0.15, 0.2) is 0 Å². The van der Waals surface area contributed by atoms with Crippen molar-refractivity contribution in [2.24, 2.45) is 5.92 Å². The molecule has 1 aliphatic carbocycles. The van der Waals surface area contributed by atoms with Gasteiger partial charge in [0.25, 0.3) is 0 Å². The lowest BCUT2D eigenvalue weighted by Crippen LogP contribution is -2.46. The summed E-state index contributed by atoms with van der Waals surface area (Å²) in [4.78, 5) is 11.7. The quantitative estimate of drug-likeness (QED) is 0.717. The van der Waals surface area contributed by atoms with E-state index in [0.29, 0.717) is 17.8 Å². The molecule has 0 aromatic carbocycles. The van der Waals surface area contributed by atoms with Gasteiger partial charge in [0.2, 0.25) is 0 Å². The highest BCUT2D eigenvalue weighted by Gasteiger charge is 2.27. The third-order valence-corrected chi connectivity index (χ3v) is 4.87. The summed E-state index contributed by atoms with van der Waals surface area (Å²) < 4.78 is 11.3. The van der Waals surface area contributed by atoms with Gasteiger partial charge in [0.1, 0.15) is 5.60 Å². The maximum Gasteiger partial charge on any atom is 0.407 e. The summed E-state index contributed by atoms with van der Waals surface area (Å²) in [7, 11) is 0. The summed E-state index contributed by atoms with van der Waals surface area (Å²) in [5.74, 6) is 0.665. The lowest BCUT2D eigenvalue weighted by molar-refractivity contribution is -0.0366. The minimum absolute atomic E-state index is 0.393. The molecule has 0 aliphatic heterocycles. The fourth-order valence-corrected chi connectivity index (χ4v) is 2.74. The van der Waals surface area contributed by atoms with Crippen molar-refractivity contribution in [1.29, 1.82) is 0 Å². The Bertz CT molecular complexity index is 324. The zero-order chi connectivity index (χ0) is 15.9. The van der Waals surface area contributed by atoms with Crippen LogP contribution in [0.25, 0.3) is 0 Å². The molecule has 124 valence electrons. The van der Waals surface area contributed by atoms with Gasteiger partial charge in [-0.3, -0.25) is 0 Å². The zero-order valence-electron chi connectivity index (χ0n) is 13.8. The third-order valence-electron chi connectivity index (χ3n) is 3.68. The lowest BCUT2D eigenvalue weighted by atomic mass is 9.90. The minimum atomic E-state index is -0.474. The molecule has 1 saturated carbocycles. The molecule has 1 unspecified atom stereocenters. The molecule has 0 bridgehead atoms. The van der Waals surface area contributed by atoms with E-state index in [9.17, 15) is 4.79 Å². The summed E-state index contributed by atoms with van der Waals surface area (Å²) in [6.45, 7) is 8.81. The molecule has 5 heteroatoms. The van der Waals surface area contributed by atoms with Gasteiger partial charge in [-0.15, -0.1) is 0 Å². The van der Waals surface area contributed by atoms with Gasteiger partial charge in [-0.2, -0.15) is 0 Å². The van der Waals surface area contributed by atoms with E-state index in [-0.39, 0.29) is 0 Å².